The van der Waals surface area contributed by atoms with Crippen LogP contribution in [-0.2, 0) is 0 Å². The smallest absolute Gasteiger partial charge is 0.252 e. The van der Waals surface area contributed by atoms with Crippen molar-refractivity contribution in [1.82, 2.24) is 15.2 Å². The van der Waals surface area contributed by atoms with Gasteiger partial charge in [-0.2, -0.15) is 0 Å². The molecular weight excluding hydrogens is 276 g/mol. The van der Waals surface area contributed by atoms with Crippen molar-refractivity contribution in [1.29, 1.82) is 0 Å². The predicted octanol–water partition coefficient (Wildman–Crippen LogP) is -0.145. The number of nitrogens with zero attached hydrogens (tertiary/aromatic N) is 1. The Balaban J connectivity index is 1.83. The lowest BCUT2D eigenvalue weighted by Gasteiger charge is -2.31. The quantitative estimate of drug-likeness (QED) is 0.672. The largest absolute Gasteiger partial charge is 0.392 e. The summed E-state index contributed by atoms with van der Waals surface area (Å²) in [6.45, 7) is 2.37. The lowest BCUT2D eigenvalue weighted by Crippen LogP contribution is -2.46. The Bertz CT molecular complexity index is 529. The minimum Gasteiger partial charge on any atom is -0.392 e. The zero-order chi connectivity index (χ0) is 14.5. The topological polar surface area (TPSA) is 91.2 Å². The molecule has 1 aliphatic heterocycles. The molecule has 108 valence electrons. The zero-order valence-corrected chi connectivity index (χ0v) is 11.9. The number of hydrogen-bond donors (Lipinski definition) is 3. The first-order valence-corrected chi connectivity index (χ1v) is 6.95. The summed E-state index contributed by atoms with van der Waals surface area (Å²) >= 11 is 4.89. The first-order valence-electron chi connectivity index (χ1n) is 6.55. The molecule has 0 radical (unpaired) electrons. The average molecular weight is 294 g/mol. The third-order valence-electron chi connectivity index (χ3n) is 3.35. The van der Waals surface area contributed by atoms with Gasteiger partial charge in [0.25, 0.3) is 5.91 Å². The van der Waals surface area contributed by atoms with Crippen LogP contribution in [0.3, 0.4) is 0 Å². The lowest BCUT2D eigenvalue weighted by molar-refractivity contribution is 0.0914. The fourth-order valence-corrected chi connectivity index (χ4v) is 2.46. The Hall–Kier alpha value is -1.73. The summed E-state index contributed by atoms with van der Waals surface area (Å²) in [6.07, 6.45) is 3.18. The third-order valence-corrected chi connectivity index (χ3v) is 3.48. The van der Waals surface area contributed by atoms with Gasteiger partial charge >= 0.3 is 0 Å². The van der Waals surface area contributed by atoms with Crippen molar-refractivity contribution < 1.29 is 4.79 Å². The maximum atomic E-state index is 12.0. The number of carbonyl (C=O) groups is 1. The molecule has 0 aliphatic carbocycles. The van der Waals surface area contributed by atoms with Crippen LogP contribution in [0.4, 0.5) is 0 Å². The number of aromatic amines is 1. The number of piperidine rings is 1. The van der Waals surface area contributed by atoms with E-state index in [9.17, 15) is 9.59 Å². The van der Waals surface area contributed by atoms with E-state index in [1.54, 1.807) is 0 Å². The summed E-state index contributed by atoms with van der Waals surface area (Å²) in [6, 6.07) is 3.02. The van der Waals surface area contributed by atoms with Crippen LogP contribution in [0, 0.1) is 0 Å². The average Bonchev–Trinajstić information content (AvgIpc) is 2.41. The van der Waals surface area contributed by atoms with Crippen LogP contribution in [0.25, 0.3) is 0 Å². The van der Waals surface area contributed by atoms with Gasteiger partial charge in [-0.05, 0) is 18.9 Å². The molecule has 1 amide bonds. The van der Waals surface area contributed by atoms with E-state index >= 15 is 0 Å². The number of pyridine rings is 1. The first kappa shape index (κ1) is 14.7. The molecule has 1 aliphatic rings. The molecule has 0 aromatic carbocycles. The van der Waals surface area contributed by atoms with Crippen molar-refractivity contribution >= 4 is 23.1 Å². The number of aromatic nitrogens is 1. The van der Waals surface area contributed by atoms with Gasteiger partial charge in [0.1, 0.15) is 0 Å². The van der Waals surface area contributed by atoms with Crippen molar-refractivity contribution in [2.24, 2.45) is 5.73 Å². The van der Waals surface area contributed by atoms with E-state index in [4.69, 9.17) is 18.0 Å². The zero-order valence-electron chi connectivity index (χ0n) is 11.1. The van der Waals surface area contributed by atoms with E-state index in [-0.39, 0.29) is 17.5 Å². The molecule has 2 heterocycles. The van der Waals surface area contributed by atoms with Crippen LogP contribution in [0.2, 0.25) is 0 Å². The van der Waals surface area contributed by atoms with Crippen LogP contribution in [0.1, 0.15) is 23.2 Å². The van der Waals surface area contributed by atoms with E-state index < -0.39 is 0 Å². The molecule has 1 aromatic rings. The predicted molar refractivity (Wildman–Crippen MR) is 80.8 cm³/mol. The van der Waals surface area contributed by atoms with Gasteiger partial charge in [-0.25, -0.2) is 0 Å². The van der Waals surface area contributed by atoms with E-state index in [0.717, 1.165) is 25.9 Å². The summed E-state index contributed by atoms with van der Waals surface area (Å²) < 4.78 is 0. The highest BCUT2D eigenvalue weighted by Gasteiger charge is 2.21. The Morgan fingerprint density at radius 1 is 1.45 bits per heavy atom. The summed E-state index contributed by atoms with van der Waals surface area (Å²) in [5.74, 6) is -0.158. The Morgan fingerprint density at radius 2 is 2.15 bits per heavy atom. The molecule has 7 heteroatoms. The maximum Gasteiger partial charge on any atom is 0.252 e. The third kappa shape index (κ3) is 4.14. The normalized spacial score (nSPS) is 16.8. The number of nitrogens with two attached hydrogens (primary N) is 1. The SMILES string of the molecule is NC(=S)CN1CCC(NC(=O)c2ccc(=O)[nH]c2)CC1. The number of hydrogen-bond acceptors (Lipinski definition) is 4. The Labute approximate surface area is 122 Å². The molecule has 0 spiro atoms. The van der Waals surface area contributed by atoms with Gasteiger partial charge in [-0.1, -0.05) is 12.2 Å². The second-order valence-corrected chi connectivity index (χ2v) is 5.46. The van der Waals surface area contributed by atoms with Crippen molar-refractivity contribution in [2.45, 2.75) is 18.9 Å². The van der Waals surface area contributed by atoms with E-state index in [1.165, 1.54) is 18.3 Å². The summed E-state index contributed by atoms with van der Waals surface area (Å²) in [5, 5.41) is 2.98. The number of thiocarbonyl (C=S) groups is 1. The van der Waals surface area contributed by atoms with Crippen molar-refractivity contribution in [3.8, 4) is 0 Å². The highest BCUT2D eigenvalue weighted by atomic mass is 32.1. The molecular formula is C13H18N4O2S. The van der Waals surface area contributed by atoms with Gasteiger partial charge in [-0.15, -0.1) is 0 Å². The monoisotopic (exact) mass is 294 g/mol. The van der Waals surface area contributed by atoms with Crippen molar-refractivity contribution in [2.75, 3.05) is 19.6 Å². The first-order chi connectivity index (χ1) is 9.54. The molecule has 2 rings (SSSR count). The number of carbonyl (C=O) groups excluding carboxylic acids is 1. The maximum absolute atomic E-state index is 12.0. The second-order valence-electron chi connectivity index (χ2n) is 4.93. The molecule has 6 nitrogen and oxygen atoms in total. The van der Waals surface area contributed by atoms with E-state index in [0.29, 0.717) is 17.1 Å². The minimum atomic E-state index is -0.215. The molecule has 1 aromatic heterocycles. The van der Waals surface area contributed by atoms with E-state index in [1.807, 2.05) is 0 Å². The van der Waals surface area contributed by atoms with Crippen LogP contribution < -0.4 is 16.6 Å². The highest BCUT2D eigenvalue weighted by molar-refractivity contribution is 7.80. The summed E-state index contributed by atoms with van der Waals surface area (Å²) in [5.41, 5.74) is 5.77. The molecule has 0 saturated carbocycles. The molecule has 1 saturated heterocycles. The summed E-state index contributed by atoms with van der Waals surface area (Å²) in [7, 11) is 0. The molecule has 0 unspecified atom stereocenters. The van der Waals surface area contributed by atoms with Crippen LogP contribution in [0.15, 0.2) is 23.1 Å². The van der Waals surface area contributed by atoms with Crippen LogP contribution in [0.5, 0.6) is 0 Å². The number of amides is 1. The number of rotatable bonds is 4. The minimum absolute atomic E-state index is 0.150. The van der Waals surface area contributed by atoms with Crippen LogP contribution in [-0.4, -0.2) is 46.5 Å². The number of likely N-dealkylation sites (tertiary alicyclic amines) is 1. The Kier molecular flexibility index (Phi) is 4.86. The molecule has 0 atom stereocenters. The van der Waals surface area contributed by atoms with Crippen molar-refractivity contribution in [3.63, 3.8) is 0 Å². The molecule has 0 bridgehead atoms. The van der Waals surface area contributed by atoms with Gasteiger partial charge in [0.15, 0.2) is 0 Å². The number of nitrogens with one attached hydrogen (secondary N) is 2. The lowest BCUT2D eigenvalue weighted by atomic mass is 10.0. The molecule has 1 fully saturated rings. The standard InChI is InChI=1S/C13H18N4O2S/c14-11(20)8-17-5-3-10(4-6-17)16-13(19)9-1-2-12(18)15-7-9/h1-2,7,10H,3-6,8H2,(H2,14,20)(H,15,18)(H,16,19). The fourth-order valence-electron chi connectivity index (χ4n) is 2.28. The fraction of sp³-hybridized carbons (Fsp3) is 0.462. The van der Waals surface area contributed by atoms with E-state index in [2.05, 4.69) is 15.2 Å². The van der Waals surface area contributed by atoms with Gasteiger partial charge in [-0.3, -0.25) is 14.5 Å². The number of H-pyrrole nitrogens is 1. The highest BCUT2D eigenvalue weighted by Crippen LogP contribution is 2.10. The summed E-state index contributed by atoms with van der Waals surface area (Å²) in [4.78, 5) is 28.1. The molecule has 20 heavy (non-hydrogen) atoms. The second kappa shape index (κ2) is 6.62. The van der Waals surface area contributed by atoms with Gasteiger partial charge in [0.2, 0.25) is 5.56 Å². The van der Waals surface area contributed by atoms with Gasteiger partial charge in [0, 0.05) is 37.9 Å². The van der Waals surface area contributed by atoms with Crippen LogP contribution >= 0.6 is 12.2 Å². The van der Waals surface area contributed by atoms with Gasteiger partial charge in [0.05, 0.1) is 10.6 Å². The Morgan fingerprint density at radius 3 is 2.70 bits per heavy atom. The van der Waals surface area contributed by atoms with Crippen molar-refractivity contribution in [3.05, 3.63) is 34.2 Å². The van der Waals surface area contributed by atoms with Gasteiger partial charge < -0.3 is 16.0 Å². The molecule has 4 N–H and O–H groups in total.